The second-order valence-corrected chi connectivity index (χ2v) is 2.25. The van der Waals surface area contributed by atoms with E-state index in [9.17, 15) is 0 Å². The fourth-order valence-corrected chi connectivity index (χ4v) is 0.855. The summed E-state index contributed by atoms with van der Waals surface area (Å²) in [6.45, 7) is 0. The van der Waals surface area contributed by atoms with E-state index in [0.717, 1.165) is 5.69 Å². The van der Waals surface area contributed by atoms with Crippen molar-refractivity contribution in [1.29, 1.82) is 0 Å². The highest BCUT2D eigenvalue weighted by molar-refractivity contribution is 6.58. The molecule has 11 heavy (non-hydrogen) atoms. The lowest BCUT2D eigenvalue weighted by molar-refractivity contribution is 0.426. The average molecular weight is 151 g/mol. The molecule has 0 aliphatic carbocycles. The molecule has 0 aromatic heterocycles. The molecule has 0 bridgehead atoms. The van der Waals surface area contributed by atoms with Gasteiger partial charge in [-0.3, -0.25) is 0 Å². The van der Waals surface area contributed by atoms with Crippen LogP contribution in [0.4, 0.5) is 5.69 Å². The average Bonchev–Trinajstić information content (AvgIpc) is 2.05. The number of rotatable bonds is 2. The smallest absolute Gasteiger partial charge is 0.423 e. The molecule has 3 N–H and O–H groups in total. The van der Waals surface area contributed by atoms with Crippen LogP contribution in [0.3, 0.4) is 0 Å². The molecule has 0 spiro atoms. The summed E-state index contributed by atoms with van der Waals surface area (Å²) in [6, 6.07) is 6.96. The Bertz CT molecular complexity index is 240. The molecule has 0 atom stereocenters. The predicted molar refractivity (Wildman–Crippen MR) is 45.8 cm³/mol. The van der Waals surface area contributed by atoms with Crippen molar-refractivity contribution in [2.45, 2.75) is 0 Å². The van der Waals surface area contributed by atoms with Gasteiger partial charge in [-0.1, -0.05) is 12.1 Å². The summed E-state index contributed by atoms with van der Waals surface area (Å²) in [5, 5.41) is 20.4. The van der Waals surface area contributed by atoms with E-state index in [1.54, 1.807) is 25.2 Å². The van der Waals surface area contributed by atoms with E-state index in [1.165, 1.54) is 0 Å². The third-order valence-electron chi connectivity index (χ3n) is 1.47. The Balaban J connectivity index is 2.91. The van der Waals surface area contributed by atoms with Gasteiger partial charge in [0.05, 0.1) is 0 Å². The van der Waals surface area contributed by atoms with Gasteiger partial charge in [0.25, 0.3) is 0 Å². The Hall–Kier alpha value is -0.995. The molecule has 1 aromatic rings. The van der Waals surface area contributed by atoms with E-state index in [2.05, 4.69) is 5.32 Å². The Morgan fingerprint density at radius 1 is 1.36 bits per heavy atom. The number of anilines is 1. The zero-order valence-corrected chi connectivity index (χ0v) is 6.28. The molecule has 3 nitrogen and oxygen atoms in total. The van der Waals surface area contributed by atoms with Gasteiger partial charge >= 0.3 is 7.12 Å². The number of hydrogen-bond donors (Lipinski definition) is 3. The molecule has 1 aromatic carbocycles. The second kappa shape index (κ2) is 3.41. The molecular formula is C7H10BNO2. The molecule has 0 aliphatic heterocycles. The molecular weight excluding hydrogens is 141 g/mol. The van der Waals surface area contributed by atoms with E-state index < -0.39 is 7.12 Å². The van der Waals surface area contributed by atoms with E-state index >= 15 is 0 Å². The van der Waals surface area contributed by atoms with Gasteiger partial charge in [-0.25, -0.2) is 0 Å². The van der Waals surface area contributed by atoms with Gasteiger partial charge < -0.3 is 15.4 Å². The first-order valence-corrected chi connectivity index (χ1v) is 3.38. The zero-order valence-electron chi connectivity index (χ0n) is 6.28. The molecule has 0 radical (unpaired) electrons. The monoisotopic (exact) mass is 151 g/mol. The summed E-state index contributed by atoms with van der Waals surface area (Å²) in [5.41, 5.74) is 1.37. The maximum absolute atomic E-state index is 8.77. The van der Waals surface area contributed by atoms with Crippen molar-refractivity contribution >= 4 is 18.3 Å². The zero-order chi connectivity index (χ0) is 8.27. The van der Waals surface area contributed by atoms with Gasteiger partial charge in [-0.05, 0) is 17.6 Å². The minimum absolute atomic E-state index is 0.497. The fourth-order valence-electron chi connectivity index (χ4n) is 0.855. The van der Waals surface area contributed by atoms with Crippen LogP contribution in [-0.4, -0.2) is 24.2 Å². The van der Waals surface area contributed by atoms with Crippen LogP contribution in [0.5, 0.6) is 0 Å². The molecule has 4 heteroatoms. The summed E-state index contributed by atoms with van der Waals surface area (Å²) in [7, 11) is 0.395. The summed E-state index contributed by atoms with van der Waals surface area (Å²) >= 11 is 0. The van der Waals surface area contributed by atoms with Crippen LogP contribution in [0.2, 0.25) is 0 Å². The molecule has 58 valence electrons. The van der Waals surface area contributed by atoms with Gasteiger partial charge in [-0.2, -0.15) is 0 Å². The lowest BCUT2D eigenvalue weighted by Gasteiger charge is -2.02. The number of hydrogen-bond acceptors (Lipinski definition) is 3. The molecule has 1 rings (SSSR count). The van der Waals surface area contributed by atoms with E-state index in [0.29, 0.717) is 5.46 Å². The van der Waals surface area contributed by atoms with Gasteiger partial charge in [0.2, 0.25) is 0 Å². The van der Waals surface area contributed by atoms with Crippen molar-refractivity contribution in [3.05, 3.63) is 24.3 Å². The minimum atomic E-state index is -1.39. The van der Waals surface area contributed by atoms with Crippen molar-refractivity contribution in [3.8, 4) is 0 Å². The summed E-state index contributed by atoms with van der Waals surface area (Å²) < 4.78 is 0. The quantitative estimate of drug-likeness (QED) is 0.495. The molecule has 0 saturated carbocycles. The van der Waals surface area contributed by atoms with Crippen LogP contribution in [0.1, 0.15) is 0 Å². The highest BCUT2D eigenvalue weighted by atomic mass is 16.4. The third-order valence-corrected chi connectivity index (χ3v) is 1.47. The molecule has 0 saturated heterocycles. The van der Waals surface area contributed by atoms with Crippen LogP contribution < -0.4 is 10.8 Å². The highest BCUT2D eigenvalue weighted by Crippen LogP contribution is 2.01. The Kier molecular flexibility index (Phi) is 2.51. The van der Waals surface area contributed by atoms with Crippen LogP contribution in [-0.2, 0) is 0 Å². The lowest BCUT2D eigenvalue weighted by atomic mass is 9.80. The van der Waals surface area contributed by atoms with Gasteiger partial charge in [0.1, 0.15) is 0 Å². The SMILES string of the molecule is CNc1cccc(B(O)O)c1. The molecule has 0 unspecified atom stereocenters. The molecule has 0 heterocycles. The van der Waals surface area contributed by atoms with E-state index in [-0.39, 0.29) is 0 Å². The van der Waals surface area contributed by atoms with Crippen LogP contribution in [0, 0.1) is 0 Å². The maximum Gasteiger partial charge on any atom is 0.488 e. The summed E-state index contributed by atoms with van der Waals surface area (Å²) in [4.78, 5) is 0. The van der Waals surface area contributed by atoms with Crippen LogP contribution in [0.15, 0.2) is 24.3 Å². The van der Waals surface area contributed by atoms with E-state index in [4.69, 9.17) is 10.0 Å². The number of benzene rings is 1. The molecule has 0 aliphatic rings. The lowest BCUT2D eigenvalue weighted by Crippen LogP contribution is -2.29. The second-order valence-electron chi connectivity index (χ2n) is 2.25. The van der Waals surface area contributed by atoms with Gasteiger partial charge in [0.15, 0.2) is 0 Å². The first-order chi connectivity index (χ1) is 5.24. The topological polar surface area (TPSA) is 52.5 Å². The number of nitrogens with one attached hydrogen (secondary N) is 1. The van der Waals surface area contributed by atoms with Gasteiger partial charge in [0, 0.05) is 12.7 Å². The van der Waals surface area contributed by atoms with E-state index in [1.807, 2.05) is 6.07 Å². The summed E-state index contributed by atoms with van der Waals surface area (Å²) in [6.07, 6.45) is 0. The Labute approximate surface area is 65.8 Å². The Morgan fingerprint density at radius 2 is 2.09 bits per heavy atom. The normalized spacial score (nSPS) is 9.36. The highest BCUT2D eigenvalue weighted by Gasteiger charge is 2.09. The molecule has 0 amide bonds. The van der Waals surface area contributed by atoms with Crippen molar-refractivity contribution in [3.63, 3.8) is 0 Å². The minimum Gasteiger partial charge on any atom is -0.423 e. The van der Waals surface area contributed by atoms with Crippen LogP contribution in [0.25, 0.3) is 0 Å². The predicted octanol–water partition coefficient (Wildman–Crippen LogP) is -0.592. The molecule has 0 fully saturated rings. The standard InChI is InChI=1S/C7H10BNO2/c1-9-7-4-2-3-6(5-7)8(10)11/h2-5,9-11H,1H3. The third kappa shape index (κ3) is 1.96. The van der Waals surface area contributed by atoms with Gasteiger partial charge in [-0.15, -0.1) is 0 Å². The largest absolute Gasteiger partial charge is 0.488 e. The van der Waals surface area contributed by atoms with Crippen molar-refractivity contribution < 1.29 is 10.0 Å². The first-order valence-electron chi connectivity index (χ1n) is 3.38. The van der Waals surface area contributed by atoms with Crippen molar-refractivity contribution in [2.75, 3.05) is 12.4 Å². The van der Waals surface area contributed by atoms with Crippen molar-refractivity contribution in [2.24, 2.45) is 0 Å². The summed E-state index contributed by atoms with van der Waals surface area (Å²) in [5.74, 6) is 0. The maximum atomic E-state index is 8.77. The first kappa shape index (κ1) is 8.10. The Morgan fingerprint density at radius 3 is 2.64 bits per heavy atom. The fraction of sp³-hybridized carbons (Fsp3) is 0.143. The van der Waals surface area contributed by atoms with Crippen molar-refractivity contribution in [1.82, 2.24) is 0 Å². The van der Waals surface area contributed by atoms with Crippen LogP contribution >= 0.6 is 0 Å².